The summed E-state index contributed by atoms with van der Waals surface area (Å²) < 4.78 is 11.0. The molecule has 0 saturated heterocycles. The van der Waals surface area contributed by atoms with Gasteiger partial charge in [0, 0.05) is 41.6 Å². The minimum atomic E-state index is -0.756. The summed E-state index contributed by atoms with van der Waals surface area (Å²) in [5.41, 5.74) is 1.08. The van der Waals surface area contributed by atoms with Crippen LogP contribution in [0.5, 0.6) is 0 Å². The van der Waals surface area contributed by atoms with Crippen LogP contribution in [0.1, 0.15) is 12.5 Å². The lowest BCUT2D eigenvalue weighted by atomic mass is 10.2. The van der Waals surface area contributed by atoms with Crippen LogP contribution in [0.4, 0.5) is 0 Å². The first-order chi connectivity index (χ1) is 7.08. The molecule has 0 saturated carbocycles. The molecule has 1 rings (SSSR count). The highest BCUT2D eigenvalue weighted by Gasteiger charge is 2.03. The molecule has 0 aromatic carbocycles. The van der Waals surface area contributed by atoms with Gasteiger partial charge in [-0.05, 0) is 18.6 Å². The van der Waals surface area contributed by atoms with Gasteiger partial charge in [-0.25, -0.2) is 4.98 Å². The van der Waals surface area contributed by atoms with Gasteiger partial charge in [-0.15, -0.1) is 0 Å². The molecular formula is C10H15ClN2OS. The lowest BCUT2D eigenvalue weighted by Gasteiger charge is -2.11. The summed E-state index contributed by atoms with van der Waals surface area (Å²) in [6, 6.07) is 3.94. The van der Waals surface area contributed by atoms with Crippen LogP contribution in [0.2, 0.25) is 5.15 Å². The molecule has 1 aromatic heterocycles. The van der Waals surface area contributed by atoms with E-state index in [2.05, 4.69) is 10.3 Å². The van der Waals surface area contributed by atoms with Crippen molar-refractivity contribution in [3.8, 4) is 0 Å². The molecule has 15 heavy (non-hydrogen) atoms. The molecule has 0 spiro atoms. The molecule has 84 valence electrons. The highest BCUT2D eigenvalue weighted by atomic mass is 35.5. The van der Waals surface area contributed by atoms with Crippen molar-refractivity contribution in [1.82, 2.24) is 10.3 Å². The third-order valence-electron chi connectivity index (χ3n) is 1.93. The van der Waals surface area contributed by atoms with E-state index >= 15 is 0 Å². The Morgan fingerprint density at radius 1 is 1.60 bits per heavy atom. The number of nitrogens with zero attached hydrogens (tertiary/aromatic N) is 1. The first-order valence-electron chi connectivity index (χ1n) is 4.72. The standard InChI is InChI=1S/C10H15ClN2OS/c1-8(7-15(2)14)12-5-9-3-4-10(11)13-6-9/h3-4,6,8,12H,5,7H2,1-2H3. The minimum Gasteiger partial charge on any atom is -0.309 e. The third-order valence-corrected chi connectivity index (χ3v) is 3.12. The third kappa shape index (κ3) is 5.25. The Balaban J connectivity index is 2.36. The number of hydrogen-bond acceptors (Lipinski definition) is 3. The molecule has 0 fully saturated rings. The van der Waals surface area contributed by atoms with Crippen molar-refractivity contribution < 1.29 is 4.21 Å². The van der Waals surface area contributed by atoms with Crippen LogP contribution in [0.25, 0.3) is 0 Å². The molecule has 0 aliphatic carbocycles. The van der Waals surface area contributed by atoms with Gasteiger partial charge in [-0.1, -0.05) is 17.7 Å². The normalized spacial score (nSPS) is 14.9. The highest BCUT2D eigenvalue weighted by Crippen LogP contribution is 2.05. The molecule has 1 aromatic rings. The molecule has 1 heterocycles. The van der Waals surface area contributed by atoms with Gasteiger partial charge in [0.25, 0.3) is 0 Å². The number of aromatic nitrogens is 1. The van der Waals surface area contributed by atoms with Crippen molar-refractivity contribution in [2.24, 2.45) is 0 Å². The summed E-state index contributed by atoms with van der Waals surface area (Å²) in [6.45, 7) is 2.74. The predicted molar refractivity (Wildman–Crippen MR) is 64.5 cm³/mol. The second-order valence-electron chi connectivity index (χ2n) is 3.51. The smallest absolute Gasteiger partial charge is 0.129 e. The molecule has 2 unspecified atom stereocenters. The molecule has 0 bridgehead atoms. The van der Waals surface area contributed by atoms with Gasteiger partial charge in [-0.3, -0.25) is 4.21 Å². The zero-order valence-corrected chi connectivity index (χ0v) is 10.4. The van der Waals surface area contributed by atoms with Crippen molar-refractivity contribution >= 4 is 22.4 Å². The van der Waals surface area contributed by atoms with Crippen LogP contribution in [0.15, 0.2) is 18.3 Å². The lowest BCUT2D eigenvalue weighted by Crippen LogP contribution is -2.30. The molecule has 0 aliphatic heterocycles. The van der Waals surface area contributed by atoms with Crippen LogP contribution < -0.4 is 5.32 Å². The predicted octanol–water partition coefficient (Wildman–Crippen LogP) is 1.59. The van der Waals surface area contributed by atoms with Crippen LogP contribution in [0.3, 0.4) is 0 Å². The van der Waals surface area contributed by atoms with E-state index in [4.69, 9.17) is 11.6 Å². The van der Waals surface area contributed by atoms with Crippen LogP contribution >= 0.6 is 11.6 Å². The average Bonchev–Trinajstić information content (AvgIpc) is 2.16. The molecule has 5 heteroatoms. The SMILES string of the molecule is CC(CS(C)=O)NCc1ccc(Cl)nc1. The van der Waals surface area contributed by atoms with Crippen LogP contribution in [-0.2, 0) is 17.3 Å². The second-order valence-corrected chi connectivity index (χ2v) is 5.38. The van der Waals surface area contributed by atoms with Crippen LogP contribution in [0, 0.1) is 0 Å². The fourth-order valence-corrected chi connectivity index (χ4v) is 2.15. The van der Waals surface area contributed by atoms with E-state index in [-0.39, 0.29) is 6.04 Å². The summed E-state index contributed by atoms with van der Waals surface area (Å²) in [5, 5.41) is 3.77. The Morgan fingerprint density at radius 2 is 2.33 bits per heavy atom. The van der Waals surface area contributed by atoms with E-state index in [1.807, 2.05) is 13.0 Å². The highest BCUT2D eigenvalue weighted by molar-refractivity contribution is 7.84. The zero-order valence-electron chi connectivity index (χ0n) is 8.87. The topological polar surface area (TPSA) is 42.0 Å². The van der Waals surface area contributed by atoms with Gasteiger partial charge in [-0.2, -0.15) is 0 Å². The summed E-state index contributed by atoms with van der Waals surface area (Å²) in [6.07, 6.45) is 3.45. The average molecular weight is 247 g/mol. The molecule has 3 nitrogen and oxygen atoms in total. The Kier molecular flexibility index (Phi) is 5.22. The molecule has 1 N–H and O–H groups in total. The quantitative estimate of drug-likeness (QED) is 0.803. The Bertz CT molecular complexity index is 329. The molecule has 2 atom stereocenters. The maximum absolute atomic E-state index is 11.0. The van der Waals surface area contributed by atoms with Crippen molar-refractivity contribution in [3.63, 3.8) is 0 Å². The van der Waals surface area contributed by atoms with Crippen LogP contribution in [-0.4, -0.2) is 27.2 Å². The number of pyridine rings is 1. The molecule has 0 radical (unpaired) electrons. The number of rotatable bonds is 5. The van der Waals surface area contributed by atoms with Crippen molar-refractivity contribution in [1.29, 1.82) is 0 Å². The van der Waals surface area contributed by atoms with E-state index < -0.39 is 10.8 Å². The fraction of sp³-hybridized carbons (Fsp3) is 0.500. The zero-order chi connectivity index (χ0) is 11.3. The summed E-state index contributed by atoms with van der Waals surface area (Å²) in [7, 11) is -0.756. The number of nitrogens with one attached hydrogen (secondary N) is 1. The number of halogens is 1. The van der Waals surface area contributed by atoms with Gasteiger partial charge in [0.1, 0.15) is 5.15 Å². The van der Waals surface area contributed by atoms with Gasteiger partial charge >= 0.3 is 0 Å². The second kappa shape index (κ2) is 6.20. The van der Waals surface area contributed by atoms with Crippen molar-refractivity contribution in [2.75, 3.05) is 12.0 Å². The van der Waals surface area contributed by atoms with E-state index in [1.165, 1.54) is 0 Å². The molecule has 0 aliphatic rings. The lowest BCUT2D eigenvalue weighted by molar-refractivity contribution is 0.586. The molecular weight excluding hydrogens is 232 g/mol. The minimum absolute atomic E-state index is 0.242. The maximum Gasteiger partial charge on any atom is 0.129 e. The molecule has 0 amide bonds. The largest absolute Gasteiger partial charge is 0.309 e. The fourth-order valence-electron chi connectivity index (χ4n) is 1.21. The van der Waals surface area contributed by atoms with Crippen molar-refractivity contribution in [2.45, 2.75) is 19.5 Å². The summed E-state index contributed by atoms with van der Waals surface area (Å²) >= 11 is 5.67. The Morgan fingerprint density at radius 3 is 2.87 bits per heavy atom. The van der Waals surface area contributed by atoms with E-state index in [9.17, 15) is 4.21 Å². The van der Waals surface area contributed by atoms with Gasteiger partial charge in [0.15, 0.2) is 0 Å². The van der Waals surface area contributed by atoms with Gasteiger partial charge in [0.2, 0.25) is 0 Å². The first kappa shape index (κ1) is 12.6. The maximum atomic E-state index is 11.0. The van der Waals surface area contributed by atoms with E-state index in [0.717, 1.165) is 12.1 Å². The van der Waals surface area contributed by atoms with E-state index in [0.29, 0.717) is 10.9 Å². The summed E-state index contributed by atoms with van der Waals surface area (Å²) in [5.74, 6) is 0.668. The van der Waals surface area contributed by atoms with Gasteiger partial charge in [0.05, 0.1) is 0 Å². The first-order valence-corrected chi connectivity index (χ1v) is 6.82. The monoisotopic (exact) mass is 246 g/mol. The van der Waals surface area contributed by atoms with E-state index in [1.54, 1.807) is 18.5 Å². The Labute approximate surface area is 97.7 Å². The van der Waals surface area contributed by atoms with Gasteiger partial charge < -0.3 is 5.32 Å². The van der Waals surface area contributed by atoms with Crippen molar-refractivity contribution in [3.05, 3.63) is 29.0 Å². The number of hydrogen-bond donors (Lipinski definition) is 1. The Hall–Kier alpha value is -0.450. The summed E-state index contributed by atoms with van der Waals surface area (Å²) in [4.78, 5) is 3.98.